The average Bonchev–Trinajstić information content (AvgIpc) is 3.16. The summed E-state index contributed by atoms with van der Waals surface area (Å²) in [4.78, 5) is 48.7. The number of nitriles is 1. The summed E-state index contributed by atoms with van der Waals surface area (Å²) >= 11 is 0. The Bertz CT molecular complexity index is 2110. The quantitative estimate of drug-likeness (QED) is 0.0746. The Labute approximate surface area is 302 Å². The van der Waals surface area contributed by atoms with Crippen LogP contribution in [-0.4, -0.2) is 39.1 Å². The summed E-state index contributed by atoms with van der Waals surface area (Å²) in [6.07, 6.45) is 1.90. The number of esters is 2. The van der Waals surface area contributed by atoms with Gasteiger partial charge in [0.05, 0.1) is 37.3 Å². The van der Waals surface area contributed by atoms with Crippen LogP contribution >= 0.6 is 0 Å². The van der Waals surface area contributed by atoms with E-state index in [0.717, 1.165) is 55.6 Å². The highest BCUT2D eigenvalue weighted by molar-refractivity contribution is 5.90. The van der Waals surface area contributed by atoms with Gasteiger partial charge in [-0.1, -0.05) is 50.2 Å². The molecule has 0 saturated carbocycles. The first-order chi connectivity index (χ1) is 25.1. The first-order valence-corrected chi connectivity index (χ1v) is 16.7. The van der Waals surface area contributed by atoms with Crippen molar-refractivity contribution in [3.05, 3.63) is 151 Å². The van der Waals surface area contributed by atoms with Crippen molar-refractivity contribution in [2.24, 2.45) is 5.92 Å². The summed E-state index contributed by atoms with van der Waals surface area (Å²) in [5.74, 6) is -0.855. The summed E-state index contributed by atoms with van der Waals surface area (Å²) in [5.41, 5.74) is 9.62. The molecule has 10 nitrogen and oxygen atoms in total. The Balaban J connectivity index is 0.000000203. The fraction of sp³-hybridized carbons (Fsp3) is 0.286. The molecule has 52 heavy (non-hydrogen) atoms. The van der Waals surface area contributed by atoms with Gasteiger partial charge in [-0.25, -0.2) is 16.2 Å². The molecular weight excluding hydrogens is 660 g/mol. The number of hydrogen-bond donors (Lipinski definition) is 0. The molecule has 0 fully saturated rings. The van der Waals surface area contributed by atoms with Crippen LogP contribution in [0.4, 0.5) is 0 Å². The Hall–Kier alpha value is -6.26. The Morgan fingerprint density at radius 1 is 0.788 bits per heavy atom. The van der Waals surface area contributed by atoms with E-state index in [2.05, 4.69) is 24.8 Å². The molecule has 0 heterocycles. The van der Waals surface area contributed by atoms with E-state index in [-0.39, 0.29) is 25.1 Å². The number of nitrogens with zero attached hydrogens (tertiary/aromatic N) is 2. The zero-order chi connectivity index (χ0) is 37.4. The second-order valence-electron chi connectivity index (χ2n) is 13.1. The lowest BCUT2D eigenvalue weighted by molar-refractivity contribution is -0.130. The lowest BCUT2D eigenvalue weighted by Gasteiger charge is -2.33. The van der Waals surface area contributed by atoms with E-state index in [4.69, 9.17) is 25.5 Å². The minimum absolute atomic E-state index is 0.195. The van der Waals surface area contributed by atoms with Crippen LogP contribution in [0, 0.1) is 23.8 Å². The molecule has 2 aliphatic rings. The Kier molecular flexibility index (Phi) is 11.5. The van der Waals surface area contributed by atoms with E-state index in [9.17, 15) is 24.4 Å². The minimum Gasteiger partial charge on any atom is -0.465 e. The molecule has 10 heteroatoms. The summed E-state index contributed by atoms with van der Waals surface area (Å²) in [5, 5.41) is 9.61. The van der Waals surface area contributed by atoms with Gasteiger partial charge in [0, 0.05) is 17.5 Å². The number of fused-ring (bicyclic) bond motifs is 4. The standard InChI is InChI=1S/C23H23NO4.C19H15NO4/c1-15(2)12-23(24-3)20-7-5-16(13-28-14-25)9-18(20)11-19-10-17(22(26)27-4)6-8-21(19)23;1-23-19(22)13-3-5-17-15(7-13)8-14-6-12(10-24-11-21)2-4-16(14)18(17)9-20/h5-10,14-15H,11-13H2,1-2,4H3;2-7,11,18H,8,10H2,1H3. The highest BCUT2D eigenvalue weighted by Crippen LogP contribution is 2.47. The molecular formula is C42H38N2O8. The lowest BCUT2D eigenvalue weighted by atomic mass is 9.69. The van der Waals surface area contributed by atoms with Gasteiger partial charge in [0.15, 0.2) is 0 Å². The van der Waals surface area contributed by atoms with Gasteiger partial charge < -0.3 is 18.9 Å². The third-order valence-electron chi connectivity index (χ3n) is 9.40. The van der Waals surface area contributed by atoms with Crippen molar-refractivity contribution in [2.75, 3.05) is 14.2 Å². The van der Waals surface area contributed by atoms with Crippen molar-refractivity contribution in [1.82, 2.24) is 0 Å². The van der Waals surface area contributed by atoms with Crippen molar-refractivity contribution < 1.29 is 38.1 Å². The van der Waals surface area contributed by atoms with Crippen LogP contribution in [-0.2, 0) is 60.1 Å². The molecule has 0 radical (unpaired) electrons. The number of carbonyl (C=O) groups excluding carboxylic acids is 4. The summed E-state index contributed by atoms with van der Waals surface area (Å²) < 4.78 is 19.3. The van der Waals surface area contributed by atoms with E-state index in [0.29, 0.717) is 49.3 Å². The maximum atomic E-state index is 12.0. The van der Waals surface area contributed by atoms with Crippen LogP contribution in [0.3, 0.4) is 0 Å². The highest BCUT2D eigenvalue weighted by Gasteiger charge is 2.47. The molecule has 0 aromatic heterocycles. The van der Waals surface area contributed by atoms with Crippen molar-refractivity contribution in [3.8, 4) is 6.07 Å². The van der Waals surface area contributed by atoms with Crippen molar-refractivity contribution >= 4 is 24.9 Å². The zero-order valence-corrected chi connectivity index (χ0v) is 29.4. The zero-order valence-electron chi connectivity index (χ0n) is 29.4. The predicted molar refractivity (Wildman–Crippen MR) is 190 cm³/mol. The van der Waals surface area contributed by atoms with Crippen molar-refractivity contribution in [3.63, 3.8) is 0 Å². The molecule has 0 amide bonds. The summed E-state index contributed by atoms with van der Waals surface area (Å²) in [6.45, 7) is 13.6. The number of methoxy groups -OCH3 is 2. The highest BCUT2D eigenvalue weighted by atomic mass is 16.5. The van der Waals surface area contributed by atoms with Crippen molar-refractivity contribution in [2.45, 2.75) is 57.8 Å². The first kappa shape index (κ1) is 37.0. The molecule has 2 unspecified atom stereocenters. The number of rotatable bonds is 10. The monoisotopic (exact) mass is 698 g/mol. The normalized spacial score (nSPS) is 16.1. The van der Waals surface area contributed by atoms with Crippen LogP contribution in [0.5, 0.6) is 0 Å². The largest absolute Gasteiger partial charge is 0.465 e. The van der Waals surface area contributed by atoms with Crippen LogP contribution in [0.15, 0.2) is 72.8 Å². The smallest absolute Gasteiger partial charge is 0.337 e. The van der Waals surface area contributed by atoms with E-state index in [1.807, 2.05) is 54.6 Å². The van der Waals surface area contributed by atoms with Gasteiger partial charge in [0.25, 0.3) is 18.5 Å². The fourth-order valence-corrected chi connectivity index (χ4v) is 7.24. The van der Waals surface area contributed by atoms with Gasteiger partial charge in [0.1, 0.15) is 13.2 Å². The molecule has 0 aliphatic heterocycles. The van der Waals surface area contributed by atoms with Gasteiger partial charge in [-0.2, -0.15) is 5.26 Å². The molecule has 6 rings (SSSR count). The van der Waals surface area contributed by atoms with E-state index in [1.54, 1.807) is 18.2 Å². The van der Waals surface area contributed by atoms with Gasteiger partial charge in [-0.15, -0.1) is 0 Å². The number of ether oxygens (including phenoxy) is 4. The van der Waals surface area contributed by atoms with Crippen molar-refractivity contribution in [1.29, 1.82) is 5.26 Å². The fourth-order valence-electron chi connectivity index (χ4n) is 7.24. The predicted octanol–water partition coefficient (Wildman–Crippen LogP) is 6.97. The van der Waals surface area contributed by atoms with Gasteiger partial charge in [-0.05, 0) is 99.7 Å². The molecule has 0 spiro atoms. The van der Waals surface area contributed by atoms with Crippen LogP contribution < -0.4 is 0 Å². The van der Waals surface area contributed by atoms with Crippen LogP contribution in [0.25, 0.3) is 4.85 Å². The van der Waals surface area contributed by atoms with Gasteiger partial charge in [-0.3, -0.25) is 14.4 Å². The third kappa shape index (κ3) is 7.42. The van der Waals surface area contributed by atoms with E-state index >= 15 is 0 Å². The number of hydrogen-bond acceptors (Lipinski definition) is 9. The number of benzene rings is 4. The second kappa shape index (κ2) is 16.2. The molecule has 4 aromatic carbocycles. The Morgan fingerprint density at radius 2 is 1.25 bits per heavy atom. The molecule has 0 saturated heterocycles. The molecule has 2 atom stereocenters. The number of carbonyl (C=O) groups is 4. The molecule has 264 valence electrons. The second-order valence-corrected chi connectivity index (χ2v) is 13.1. The van der Waals surface area contributed by atoms with E-state index in [1.165, 1.54) is 14.2 Å². The third-order valence-corrected chi connectivity index (χ3v) is 9.40. The van der Waals surface area contributed by atoms with E-state index < -0.39 is 11.5 Å². The topological polar surface area (TPSA) is 133 Å². The summed E-state index contributed by atoms with van der Waals surface area (Å²) in [6, 6.07) is 24.7. The molecule has 0 N–H and O–H groups in total. The molecule has 4 aromatic rings. The molecule has 2 aliphatic carbocycles. The van der Waals surface area contributed by atoms with Gasteiger partial charge in [0.2, 0.25) is 0 Å². The lowest BCUT2D eigenvalue weighted by Crippen LogP contribution is -2.32. The van der Waals surface area contributed by atoms with Gasteiger partial charge >= 0.3 is 11.9 Å². The Morgan fingerprint density at radius 3 is 1.79 bits per heavy atom. The minimum atomic E-state index is -0.796. The molecule has 0 bridgehead atoms. The maximum Gasteiger partial charge on any atom is 0.337 e. The SMILES string of the molecule is COC(=O)c1ccc2c(c1)Cc1cc(COC=O)ccc1C2C#N.[C-]#[N+]C1(CC(C)C)c2ccc(COC=O)cc2Cc2cc(C(=O)OC)ccc21. The summed E-state index contributed by atoms with van der Waals surface area (Å²) in [7, 11) is 2.70. The van der Waals surface area contributed by atoms with Crippen LogP contribution in [0.2, 0.25) is 0 Å². The first-order valence-electron chi connectivity index (χ1n) is 16.7. The average molecular weight is 699 g/mol. The van der Waals surface area contributed by atoms with Crippen LogP contribution in [0.1, 0.15) is 103 Å². The maximum absolute atomic E-state index is 12.0.